The molecule has 3 amide bonds. The average Bonchev–Trinajstić information content (AvgIpc) is 3.21. The van der Waals surface area contributed by atoms with Crippen LogP contribution >= 0.6 is 11.8 Å². The molecule has 0 spiro atoms. The van der Waals surface area contributed by atoms with Crippen molar-refractivity contribution >= 4 is 35.1 Å². The molecular weight excluding hydrogens is 508 g/mol. The molecule has 10 nitrogen and oxygen atoms in total. The zero-order chi connectivity index (χ0) is 26.5. The van der Waals surface area contributed by atoms with Gasteiger partial charge in [0.2, 0.25) is 11.8 Å². The number of rotatable bonds is 7. The molecule has 2 saturated heterocycles. The second kappa shape index (κ2) is 11.3. The Morgan fingerprint density at radius 1 is 1.11 bits per heavy atom. The van der Waals surface area contributed by atoms with Gasteiger partial charge in [-0.2, -0.15) is 0 Å². The molecule has 3 heterocycles. The van der Waals surface area contributed by atoms with Crippen molar-refractivity contribution < 1.29 is 29.0 Å². The van der Waals surface area contributed by atoms with Gasteiger partial charge in [0.1, 0.15) is 18.2 Å². The number of amides is 3. The molecule has 2 atom stereocenters. The van der Waals surface area contributed by atoms with Crippen LogP contribution in [0.2, 0.25) is 0 Å². The number of aromatic nitrogens is 2. The summed E-state index contributed by atoms with van der Waals surface area (Å²) in [4.78, 5) is 45.2. The molecule has 0 radical (unpaired) electrons. The third kappa shape index (κ3) is 6.30. The Bertz CT molecular complexity index is 1380. The molecule has 0 aliphatic carbocycles. The number of benzene rings is 2. The van der Waals surface area contributed by atoms with Gasteiger partial charge in [-0.1, -0.05) is 42.5 Å². The molecule has 194 valence electrons. The Morgan fingerprint density at radius 3 is 2.68 bits per heavy atom. The van der Waals surface area contributed by atoms with E-state index in [9.17, 15) is 19.5 Å². The fourth-order valence-corrected chi connectivity index (χ4v) is 5.11. The minimum atomic E-state index is -0.932. The molecule has 2 aliphatic rings. The minimum Gasteiger partial charge on any atom is -0.474 e. The number of carbonyl (C=O) groups excluding carboxylic acids is 2. The molecule has 0 bridgehead atoms. The van der Waals surface area contributed by atoms with E-state index in [-0.39, 0.29) is 18.0 Å². The smallest absolute Gasteiger partial charge is 0.407 e. The summed E-state index contributed by atoms with van der Waals surface area (Å²) in [5.41, 5.74) is 1.76. The highest BCUT2D eigenvalue weighted by atomic mass is 32.2. The summed E-state index contributed by atoms with van der Waals surface area (Å²) >= 11 is 0.847. The molecule has 38 heavy (non-hydrogen) atoms. The maximum absolute atomic E-state index is 11.8. The first-order chi connectivity index (χ1) is 18.4. The van der Waals surface area contributed by atoms with Crippen molar-refractivity contribution in [3.05, 3.63) is 83.0 Å². The monoisotopic (exact) mass is 532 g/mol. The maximum Gasteiger partial charge on any atom is 0.407 e. The summed E-state index contributed by atoms with van der Waals surface area (Å²) < 4.78 is 12.0. The van der Waals surface area contributed by atoms with Crippen molar-refractivity contribution in [3.8, 4) is 17.5 Å². The normalized spacial score (nSPS) is 20.3. The van der Waals surface area contributed by atoms with Crippen molar-refractivity contribution in [2.45, 2.75) is 31.4 Å². The topological polar surface area (TPSA) is 131 Å². The van der Waals surface area contributed by atoms with Crippen LogP contribution in [0.3, 0.4) is 0 Å². The highest BCUT2D eigenvalue weighted by molar-refractivity contribution is 8.18. The number of piperidine rings is 1. The second-order valence-electron chi connectivity index (χ2n) is 8.81. The first-order valence-electron chi connectivity index (χ1n) is 12.0. The van der Waals surface area contributed by atoms with Crippen LogP contribution in [-0.2, 0) is 11.2 Å². The first-order valence-corrected chi connectivity index (χ1v) is 12.8. The summed E-state index contributed by atoms with van der Waals surface area (Å²) in [6.45, 7) is 0.371. The first kappa shape index (κ1) is 25.3. The second-order valence-corrected chi connectivity index (χ2v) is 9.82. The van der Waals surface area contributed by atoms with Crippen molar-refractivity contribution in [1.29, 1.82) is 0 Å². The summed E-state index contributed by atoms with van der Waals surface area (Å²) in [6.07, 6.45) is 3.49. The molecule has 1 aromatic heterocycles. The zero-order valence-electron chi connectivity index (χ0n) is 20.1. The van der Waals surface area contributed by atoms with Gasteiger partial charge in [0.25, 0.3) is 11.1 Å². The predicted molar refractivity (Wildman–Crippen MR) is 140 cm³/mol. The third-order valence-electron chi connectivity index (χ3n) is 6.15. The Balaban J connectivity index is 1.25. The van der Waals surface area contributed by atoms with Gasteiger partial charge in [0, 0.05) is 25.4 Å². The fraction of sp³-hybridized carbons (Fsp3) is 0.222. The number of carbonyl (C=O) groups is 3. The van der Waals surface area contributed by atoms with E-state index in [2.05, 4.69) is 15.3 Å². The Kier molecular flexibility index (Phi) is 7.55. The van der Waals surface area contributed by atoms with Gasteiger partial charge in [0.15, 0.2) is 0 Å². The van der Waals surface area contributed by atoms with E-state index in [0.29, 0.717) is 47.9 Å². The number of likely N-dealkylation sites (tertiary alicyclic amines) is 1. The lowest BCUT2D eigenvalue weighted by molar-refractivity contribution is -0.115. The van der Waals surface area contributed by atoms with Crippen LogP contribution < -0.4 is 14.8 Å². The van der Waals surface area contributed by atoms with Gasteiger partial charge in [-0.3, -0.25) is 14.9 Å². The van der Waals surface area contributed by atoms with E-state index in [1.165, 1.54) is 11.2 Å². The standard InChI is InChI=1S/C27H24N4O6S/c32-25-22(38-26(33)30-25)13-18-7-4-8-20(12-18)36-23-15-24(29-16-28-23)37-21-9-10-31(27(34)35)19(14-21)11-17-5-2-1-3-6-17/h1-8,12-13,15-16,19,21H,9-11,14H2,(H,34,35)(H,30,32,33). The van der Waals surface area contributed by atoms with Crippen molar-refractivity contribution in [3.63, 3.8) is 0 Å². The van der Waals surface area contributed by atoms with Gasteiger partial charge in [-0.15, -0.1) is 0 Å². The molecular formula is C27H24N4O6S. The van der Waals surface area contributed by atoms with Gasteiger partial charge in [-0.25, -0.2) is 14.8 Å². The van der Waals surface area contributed by atoms with E-state index >= 15 is 0 Å². The number of ether oxygens (including phenoxy) is 2. The maximum atomic E-state index is 11.8. The van der Waals surface area contributed by atoms with Crippen LogP contribution in [0.5, 0.6) is 17.5 Å². The SMILES string of the molecule is O=C1NC(=O)C(=Cc2cccc(Oc3cc(OC4CCN(C(=O)O)C(Cc5ccccc5)C4)ncn3)c2)S1. The largest absolute Gasteiger partial charge is 0.474 e. The molecule has 2 aromatic carbocycles. The van der Waals surface area contributed by atoms with Crippen molar-refractivity contribution in [2.24, 2.45) is 0 Å². The number of nitrogens with zero attached hydrogens (tertiary/aromatic N) is 3. The molecule has 3 aromatic rings. The third-order valence-corrected chi connectivity index (χ3v) is 6.96. The van der Waals surface area contributed by atoms with Crippen LogP contribution in [0.25, 0.3) is 6.08 Å². The molecule has 5 rings (SSSR count). The van der Waals surface area contributed by atoms with Crippen LogP contribution in [-0.4, -0.2) is 55.9 Å². The fourth-order valence-electron chi connectivity index (χ4n) is 4.43. The van der Waals surface area contributed by atoms with Gasteiger partial charge >= 0.3 is 6.09 Å². The summed E-state index contributed by atoms with van der Waals surface area (Å²) in [6, 6.07) is 18.2. The Hall–Kier alpha value is -4.38. The highest BCUT2D eigenvalue weighted by Gasteiger charge is 2.33. The number of imide groups is 1. The number of carboxylic acid groups (broad SMARTS) is 1. The minimum absolute atomic E-state index is 0.210. The van der Waals surface area contributed by atoms with E-state index in [1.54, 1.807) is 36.4 Å². The lowest BCUT2D eigenvalue weighted by Gasteiger charge is -2.37. The molecule has 2 unspecified atom stereocenters. The predicted octanol–water partition coefficient (Wildman–Crippen LogP) is 4.73. The lowest BCUT2D eigenvalue weighted by Crippen LogP contribution is -2.49. The van der Waals surface area contributed by atoms with Crippen molar-refractivity contribution in [2.75, 3.05) is 6.54 Å². The molecule has 0 saturated carbocycles. The van der Waals surface area contributed by atoms with Crippen LogP contribution in [0.15, 0.2) is 71.9 Å². The molecule has 11 heteroatoms. The summed E-state index contributed by atoms with van der Waals surface area (Å²) in [7, 11) is 0. The number of nitrogens with one attached hydrogen (secondary N) is 1. The number of hydrogen-bond acceptors (Lipinski definition) is 8. The van der Waals surface area contributed by atoms with Crippen LogP contribution in [0.4, 0.5) is 9.59 Å². The molecule has 2 aliphatic heterocycles. The van der Waals surface area contributed by atoms with E-state index in [1.807, 2.05) is 30.3 Å². The average molecular weight is 533 g/mol. The van der Waals surface area contributed by atoms with Crippen LogP contribution in [0.1, 0.15) is 24.0 Å². The highest BCUT2D eigenvalue weighted by Crippen LogP contribution is 2.29. The lowest BCUT2D eigenvalue weighted by atomic mass is 9.94. The number of thioether (sulfide) groups is 1. The van der Waals surface area contributed by atoms with E-state index in [0.717, 1.165) is 17.3 Å². The molecule has 2 N–H and O–H groups in total. The van der Waals surface area contributed by atoms with Crippen molar-refractivity contribution in [1.82, 2.24) is 20.2 Å². The quantitative estimate of drug-likeness (QED) is 0.415. The van der Waals surface area contributed by atoms with Gasteiger partial charge in [0.05, 0.1) is 11.0 Å². The Labute approximate surface area is 222 Å². The van der Waals surface area contributed by atoms with Gasteiger partial charge < -0.3 is 19.5 Å². The van der Waals surface area contributed by atoms with E-state index < -0.39 is 17.2 Å². The zero-order valence-corrected chi connectivity index (χ0v) is 21.0. The van der Waals surface area contributed by atoms with E-state index in [4.69, 9.17) is 9.47 Å². The Morgan fingerprint density at radius 2 is 1.92 bits per heavy atom. The number of hydrogen-bond donors (Lipinski definition) is 2. The summed E-state index contributed by atoms with van der Waals surface area (Å²) in [5.74, 6) is 0.658. The summed E-state index contributed by atoms with van der Waals surface area (Å²) in [5, 5.41) is 11.5. The van der Waals surface area contributed by atoms with Gasteiger partial charge in [-0.05, 0) is 47.5 Å². The van der Waals surface area contributed by atoms with Crippen LogP contribution in [0, 0.1) is 0 Å². The molecule has 2 fully saturated rings.